The minimum atomic E-state index is -3.88. The second kappa shape index (κ2) is 5.34. The number of benzene rings is 1. The first-order chi connectivity index (χ1) is 11.2. The van der Waals surface area contributed by atoms with E-state index in [1.54, 1.807) is 25.6 Å². The predicted octanol–water partition coefficient (Wildman–Crippen LogP) is 0.368. The molecule has 3 N–H and O–H groups in total. The van der Waals surface area contributed by atoms with Gasteiger partial charge in [0.05, 0.1) is 33.0 Å². The zero-order valence-corrected chi connectivity index (χ0v) is 14.0. The molecule has 0 amide bonds. The van der Waals surface area contributed by atoms with E-state index in [9.17, 15) is 18.0 Å². The summed E-state index contributed by atoms with van der Waals surface area (Å²) < 4.78 is 29.3. The van der Waals surface area contributed by atoms with Crippen LogP contribution in [0.4, 0.5) is 5.69 Å². The summed E-state index contributed by atoms with van der Waals surface area (Å²) in [7, 11) is -2.16. The van der Waals surface area contributed by atoms with Crippen LogP contribution < -0.4 is 15.8 Å². The van der Waals surface area contributed by atoms with Gasteiger partial charge >= 0.3 is 11.1 Å². The van der Waals surface area contributed by atoms with E-state index in [1.807, 2.05) is 0 Å². The summed E-state index contributed by atoms with van der Waals surface area (Å²) >= 11 is 0. The Morgan fingerprint density at radius 2 is 1.71 bits per heavy atom. The van der Waals surface area contributed by atoms with Crippen molar-refractivity contribution in [2.75, 3.05) is 4.72 Å². The number of nitrogens with zero attached hydrogens (tertiary/aromatic N) is 2. The Balaban J connectivity index is 2.09. The molecule has 0 aliphatic carbocycles. The van der Waals surface area contributed by atoms with E-state index in [4.69, 9.17) is 0 Å². The van der Waals surface area contributed by atoms with Crippen molar-refractivity contribution >= 4 is 26.7 Å². The van der Waals surface area contributed by atoms with Gasteiger partial charge in [0.1, 0.15) is 0 Å². The lowest BCUT2D eigenvalue weighted by Gasteiger charge is -2.09. The van der Waals surface area contributed by atoms with Gasteiger partial charge in [-0.25, -0.2) is 8.42 Å². The third kappa shape index (κ3) is 2.60. The van der Waals surface area contributed by atoms with E-state index in [2.05, 4.69) is 19.8 Å². The molecule has 0 spiro atoms. The van der Waals surface area contributed by atoms with Crippen LogP contribution in [-0.4, -0.2) is 28.2 Å². The van der Waals surface area contributed by atoms with Crippen LogP contribution in [0.15, 0.2) is 32.7 Å². The summed E-state index contributed by atoms with van der Waals surface area (Å²) in [6.07, 6.45) is 0. The van der Waals surface area contributed by atoms with Crippen molar-refractivity contribution in [3.63, 3.8) is 0 Å². The van der Waals surface area contributed by atoms with E-state index >= 15 is 0 Å². The number of aryl methyl sites for hydroxylation is 2. The van der Waals surface area contributed by atoms with E-state index in [1.165, 1.54) is 18.2 Å². The summed E-state index contributed by atoms with van der Waals surface area (Å²) in [6.45, 7) is 3.45. The van der Waals surface area contributed by atoms with Crippen molar-refractivity contribution in [2.45, 2.75) is 18.7 Å². The van der Waals surface area contributed by atoms with Gasteiger partial charge in [-0.3, -0.25) is 19.0 Å². The molecule has 0 fully saturated rings. The number of aromatic nitrogens is 4. The van der Waals surface area contributed by atoms with Crippen LogP contribution in [-0.2, 0) is 17.1 Å². The molecule has 9 nitrogen and oxygen atoms in total. The number of fused-ring (bicyclic) bond motifs is 1. The van der Waals surface area contributed by atoms with E-state index < -0.39 is 21.1 Å². The van der Waals surface area contributed by atoms with Crippen LogP contribution in [0.25, 0.3) is 11.0 Å². The fraction of sp³-hybridized carbons (Fsp3) is 0.214. The van der Waals surface area contributed by atoms with Gasteiger partial charge in [0.25, 0.3) is 10.0 Å². The molecule has 1 aromatic carbocycles. The zero-order chi connectivity index (χ0) is 17.6. The lowest BCUT2D eigenvalue weighted by atomic mass is 10.3. The van der Waals surface area contributed by atoms with E-state index in [0.717, 1.165) is 0 Å². The van der Waals surface area contributed by atoms with Gasteiger partial charge < -0.3 is 9.97 Å². The van der Waals surface area contributed by atoms with Crippen molar-refractivity contribution in [1.29, 1.82) is 0 Å². The number of sulfonamides is 1. The fourth-order valence-corrected chi connectivity index (χ4v) is 3.58. The molecule has 3 aromatic rings. The second-order valence-corrected chi connectivity index (χ2v) is 7.07. The molecule has 0 aliphatic heterocycles. The Morgan fingerprint density at radius 3 is 2.29 bits per heavy atom. The lowest BCUT2D eigenvalue weighted by Crippen LogP contribution is -2.29. The smallest absolute Gasteiger partial charge is 0.314 e. The Kier molecular flexibility index (Phi) is 3.56. The Labute approximate surface area is 136 Å². The normalized spacial score (nSPS) is 11.8. The third-order valence-electron chi connectivity index (χ3n) is 3.75. The highest BCUT2D eigenvalue weighted by atomic mass is 32.2. The van der Waals surface area contributed by atoms with Crippen molar-refractivity contribution in [3.8, 4) is 0 Å². The highest BCUT2D eigenvalue weighted by Gasteiger charge is 2.19. The molecule has 10 heteroatoms. The van der Waals surface area contributed by atoms with Crippen molar-refractivity contribution in [2.24, 2.45) is 7.05 Å². The average Bonchev–Trinajstić information content (AvgIpc) is 2.74. The van der Waals surface area contributed by atoms with Gasteiger partial charge in [-0.2, -0.15) is 5.10 Å². The molecule has 0 saturated heterocycles. The molecular weight excluding hydrogens is 334 g/mol. The quantitative estimate of drug-likeness (QED) is 0.588. The summed E-state index contributed by atoms with van der Waals surface area (Å²) in [5.41, 5.74) is 0.565. The van der Waals surface area contributed by atoms with Gasteiger partial charge in [-0.15, -0.1) is 0 Å². The van der Waals surface area contributed by atoms with Crippen molar-refractivity contribution in [3.05, 3.63) is 50.3 Å². The van der Waals surface area contributed by atoms with Gasteiger partial charge in [0.15, 0.2) is 0 Å². The highest BCUT2D eigenvalue weighted by molar-refractivity contribution is 7.92. The standard InChI is InChI=1S/C14H15N5O4S/c1-7-12(8(2)19(3)17-7)18-24(22,23)9-4-5-10-11(6-9)16-14(21)13(20)15-10/h4-6,18H,1-3H3,(H,15,20)(H,16,21). The molecule has 2 aromatic heterocycles. The summed E-state index contributed by atoms with van der Waals surface area (Å²) in [5, 5.41) is 4.16. The van der Waals surface area contributed by atoms with E-state index in [-0.39, 0.29) is 10.4 Å². The molecule has 0 radical (unpaired) electrons. The molecule has 3 rings (SSSR count). The van der Waals surface area contributed by atoms with Crippen LogP contribution in [0.3, 0.4) is 0 Å². The Morgan fingerprint density at radius 1 is 1.08 bits per heavy atom. The van der Waals surface area contributed by atoms with Crippen molar-refractivity contribution in [1.82, 2.24) is 19.7 Å². The van der Waals surface area contributed by atoms with Gasteiger partial charge in [-0.05, 0) is 32.0 Å². The van der Waals surface area contributed by atoms with Gasteiger partial charge in [0.2, 0.25) is 0 Å². The number of nitrogens with one attached hydrogen (secondary N) is 3. The van der Waals surface area contributed by atoms with Crippen LogP contribution in [0.1, 0.15) is 11.4 Å². The number of hydrogen-bond donors (Lipinski definition) is 3. The van der Waals surface area contributed by atoms with Gasteiger partial charge in [0, 0.05) is 7.05 Å². The summed E-state index contributed by atoms with van der Waals surface area (Å²) in [4.78, 5) is 27.4. The molecule has 126 valence electrons. The average molecular weight is 349 g/mol. The zero-order valence-electron chi connectivity index (χ0n) is 13.2. The number of rotatable bonds is 3. The number of hydrogen-bond acceptors (Lipinski definition) is 5. The Hall–Kier alpha value is -2.88. The van der Waals surface area contributed by atoms with Gasteiger partial charge in [-0.1, -0.05) is 0 Å². The highest BCUT2D eigenvalue weighted by Crippen LogP contribution is 2.23. The maximum absolute atomic E-state index is 12.6. The first-order valence-corrected chi connectivity index (χ1v) is 8.47. The van der Waals surface area contributed by atoms with Crippen LogP contribution in [0, 0.1) is 13.8 Å². The maximum atomic E-state index is 12.6. The van der Waals surface area contributed by atoms with E-state index in [0.29, 0.717) is 22.6 Å². The summed E-state index contributed by atoms with van der Waals surface area (Å²) in [5.74, 6) is 0. The Bertz CT molecular complexity index is 1170. The monoisotopic (exact) mass is 349 g/mol. The minimum Gasteiger partial charge on any atom is -0.316 e. The number of H-pyrrole nitrogens is 2. The molecule has 0 atom stereocenters. The van der Waals surface area contributed by atoms with Crippen LogP contribution in [0.5, 0.6) is 0 Å². The first-order valence-electron chi connectivity index (χ1n) is 6.98. The lowest BCUT2D eigenvalue weighted by molar-refractivity contribution is 0.601. The molecule has 0 aliphatic rings. The van der Waals surface area contributed by atoms with Crippen molar-refractivity contribution < 1.29 is 8.42 Å². The summed E-state index contributed by atoms with van der Waals surface area (Å²) in [6, 6.07) is 4.06. The number of aromatic amines is 2. The van der Waals surface area contributed by atoms with Crippen LogP contribution >= 0.6 is 0 Å². The minimum absolute atomic E-state index is 0.0413. The SMILES string of the molecule is Cc1nn(C)c(C)c1NS(=O)(=O)c1ccc2[nH]c(=O)c(=O)[nH]c2c1. The topological polar surface area (TPSA) is 130 Å². The molecule has 0 unspecified atom stereocenters. The van der Waals surface area contributed by atoms with Crippen LogP contribution in [0.2, 0.25) is 0 Å². The molecule has 0 saturated carbocycles. The predicted molar refractivity (Wildman–Crippen MR) is 88.7 cm³/mol. The molecule has 24 heavy (non-hydrogen) atoms. The second-order valence-electron chi connectivity index (χ2n) is 5.39. The largest absolute Gasteiger partial charge is 0.316 e. The molecular formula is C14H15N5O4S. The first kappa shape index (κ1) is 16.0. The fourth-order valence-electron chi connectivity index (χ4n) is 2.38. The maximum Gasteiger partial charge on any atom is 0.314 e. The third-order valence-corrected chi connectivity index (χ3v) is 5.10. The molecule has 0 bridgehead atoms. The molecule has 2 heterocycles. The number of anilines is 1.